The average Bonchev–Trinajstić information content (AvgIpc) is 3.48. The summed E-state index contributed by atoms with van der Waals surface area (Å²) in [5.41, 5.74) is 3.92. The monoisotopic (exact) mass is 749 g/mol. The molecule has 2 N–H and O–H groups in total. The number of methoxy groups -OCH3 is 1. The number of carbonyl (C=O) groups is 2. The molecule has 5 aliphatic carbocycles. The highest BCUT2D eigenvalue weighted by atomic mass is 32.2. The molecular formula is C44H67N3O5S. The minimum Gasteiger partial charge on any atom is -0.465 e. The fourth-order valence-electron chi connectivity index (χ4n) is 14.4. The number of allylic oxidation sites excluding steroid dienone is 2. The molecule has 6 aliphatic rings. The van der Waals surface area contributed by atoms with E-state index < -0.39 is 9.84 Å². The third kappa shape index (κ3) is 6.35. The molecule has 1 amide bonds. The van der Waals surface area contributed by atoms with Crippen LogP contribution in [0.3, 0.4) is 0 Å². The lowest BCUT2D eigenvalue weighted by Gasteiger charge is -2.72. The summed E-state index contributed by atoms with van der Waals surface area (Å²) in [4.78, 5) is 26.9. The summed E-state index contributed by atoms with van der Waals surface area (Å²) in [6.07, 6.45) is 13.3. The summed E-state index contributed by atoms with van der Waals surface area (Å²) >= 11 is 0. The Labute approximate surface area is 319 Å². The summed E-state index contributed by atoms with van der Waals surface area (Å²) in [6, 6.07) is 8.18. The number of amides is 1. The van der Waals surface area contributed by atoms with Crippen molar-refractivity contribution in [2.45, 2.75) is 118 Å². The zero-order valence-corrected chi connectivity index (χ0v) is 34.7. The number of esters is 1. The zero-order chi connectivity index (χ0) is 38.2. The van der Waals surface area contributed by atoms with Gasteiger partial charge in [-0.05, 0) is 139 Å². The Morgan fingerprint density at radius 1 is 0.906 bits per heavy atom. The molecule has 0 aromatic heterocycles. The highest BCUT2D eigenvalue weighted by molar-refractivity contribution is 7.91. The summed E-state index contributed by atoms with van der Waals surface area (Å²) in [5, 5.41) is 7.54. The molecule has 0 spiro atoms. The minimum absolute atomic E-state index is 0.00733. The molecule has 294 valence electrons. The van der Waals surface area contributed by atoms with Crippen molar-refractivity contribution in [3.63, 3.8) is 0 Å². The smallest absolute Gasteiger partial charge is 0.337 e. The molecule has 10 unspecified atom stereocenters. The fourth-order valence-corrected chi connectivity index (χ4v) is 15.7. The highest BCUT2D eigenvalue weighted by Crippen LogP contribution is 2.76. The molecule has 53 heavy (non-hydrogen) atoms. The van der Waals surface area contributed by atoms with Crippen LogP contribution in [0.15, 0.2) is 30.3 Å². The van der Waals surface area contributed by atoms with E-state index in [1.807, 2.05) is 12.1 Å². The first kappa shape index (κ1) is 39.0. The second kappa shape index (κ2) is 13.8. The Balaban J connectivity index is 1.16. The molecule has 10 atom stereocenters. The second-order valence-electron chi connectivity index (χ2n) is 19.6. The van der Waals surface area contributed by atoms with Crippen LogP contribution < -0.4 is 10.6 Å². The van der Waals surface area contributed by atoms with E-state index in [0.29, 0.717) is 48.2 Å². The number of nitrogens with one attached hydrogen (secondary N) is 2. The third-order valence-electron chi connectivity index (χ3n) is 17.1. The predicted molar refractivity (Wildman–Crippen MR) is 212 cm³/mol. The first-order valence-electron chi connectivity index (χ1n) is 20.8. The van der Waals surface area contributed by atoms with Gasteiger partial charge in [0.05, 0.1) is 24.2 Å². The van der Waals surface area contributed by atoms with Crippen LogP contribution in [0.25, 0.3) is 5.57 Å². The molecule has 1 saturated heterocycles. The molecule has 1 aliphatic heterocycles. The molecule has 8 nitrogen and oxygen atoms in total. The van der Waals surface area contributed by atoms with Crippen molar-refractivity contribution in [3.8, 4) is 0 Å². The lowest BCUT2D eigenvalue weighted by molar-refractivity contribution is -0.221. The number of hydrogen-bond acceptors (Lipinski definition) is 7. The number of fused-ring (bicyclic) bond motifs is 7. The quantitative estimate of drug-likeness (QED) is 0.272. The van der Waals surface area contributed by atoms with Crippen molar-refractivity contribution >= 4 is 27.3 Å². The second-order valence-corrected chi connectivity index (χ2v) is 21.9. The van der Waals surface area contributed by atoms with Gasteiger partial charge < -0.3 is 20.3 Å². The number of rotatable bonds is 8. The van der Waals surface area contributed by atoms with Gasteiger partial charge in [-0.3, -0.25) is 4.79 Å². The van der Waals surface area contributed by atoms with Crippen molar-refractivity contribution in [1.29, 1.82) is 0 Å². The van der Waals surface area contributed by atoms with Crippen molar-refractivity contribution < 1.29 is 22.7 Å². The van der Waals surface area contributed by atoms with E-state index in [0.717, 1.165) is 32.4 Å². The zero-order valence-electron chi connectivity index (χ0n) is 33.9. The summed E-state index contributed by atoms with van der Waals surface area (Å²) in [6.45, 7) is 19.9. The molecule has 1 heterocycles. The first-order valence-corrected chi connectivity index (χ1v) is 22.6. The van der Waals surface area contributed by atoms with Gasteiger partial charge in [0.1, 0.15) is 0 Å². The fraction of sp³-hybridized carbons (Fsp3) is 0.773. The Morgan fingerprint density at radius 3 is 2.26 bits per heavy atom. The summed E-state index contributed by atoms with van der Waals surface area (Å²) in [7, 11) is -1.46. The van der Waals surface area contributed by atoms with Crippen molar-refractivity contribution in [3.05, 3.63) is 41.5 Å². The molecule has 4 saturated carbocycles. The van der Waals surface area contributed by atoms with E-state index in [9.17, 15) is 18.0 Å². The van der Waals surface area contributed by atoms with Crippen LogP contribution in [0.4, 0.5) is 0 Å². The topological polar surface area (TPSA) is 105 Å². The van der Waals surface area contributed by atoms with Crippen molar-refractivity contribution in [1.82, 2.24) is 15.5 Å². The van der Waals surface area contributed by atoms with E-state index in [1.165, 1.54) is 56.8 Å². The van der Waals surface area contributed by atoms with Crippen LogP contribution in [0, 0.1) is 51.2 Å². The Kier molecular flexibility index (Phi) is 10.1. The van der Waals surface area contributed by atoms with Gasteiger partial charge in [0.2, 0.25) is 5.91 Å². The van der Waals surface area contributed by atoms with Crippen LogP contribution in [0.2, 0.25) is 0 Å². The molecule has 1 aromatic carbocycles. The van der Waals surface area contributed by atoms with Gasteiger partial charge in [0.25, 0.3) is 0 Å². The average molecular weight is 750 g/mol. The number of hydrogen-bond donors (Lipinski definition) is 2. The molecule has 0 radical (unpaired) electrons. The molecule has 1 aromatic rings. The predicted octanol–water partition coefficient (Wildman–Crippen LogP) is 7.15. The van der Waals surface area contributed by atoms with Crippen LogP contribution in [-0.4, -0.2) is 81.6 Å². The van der Waals surface area contributed by atoms with Crippen molar-refractivity contribution in [2.75, 3.05) is 44.8 Å². The maximum Gasteiger partial charge on any atom is 0.337 e. The highest BCUT2D eigenvalue weighted by Gasteiger charge is 2.70. The third-order valence-corrected chi connectivity index (χ3v) is 18.7. The van der Waals surface area contributed by atoms with Gasteiger partial charge in [0, 0.05) is 44.7 Å². The number of nitrogens with zero attached hydrogens (tertiary/aromatic N) is 1. The first-order chi connectivity index (χ1) is 24.9. The van der Waals surface area contributed by atoms with Crippen LogP contribution in [0.1, 0.15) is 122 Å². The van der Waals surface area contributed by atoms with Gasteiger partial charge in [-0.25, -0.2) is 13.2 Å². The minimum atomic E-state index is -2.89. The maximum atomic E-state index is 12.4. The van der Waals surface area contributed by atoms with Gasteiger partial charge in [0.15, 0.2) is 9.84 Å². The number of sulfone groups is 1. The normalized spacial score (nSPS) is 40.8. The largest absolute Gasteiger partial charge is 0.465 e. The van der Waals surface area contributed by atoms with Crippen molar-refractivity contribution in [2.24, 2.45) is 51.2 Å². The van der Waals surface area contributed by atoms with E-state index in [1.54, 1.807) is 6.92 Å². The van der Waals surface area contributed by atoms with Gasteiger partial charge in [-0.1, -0.05) is 52.8 Å². The van der Waals surface area contributed by atoms with E-state index in [4.69, 9.17) is 4.74 Å². The Hall–Kier alpha value is -2.23. The summed E-state index contributed by atoms with van der Waals surface area (Å²) in [5.74, 6) is 3.05. The number of benzene rings is 1. The maximum absolute atomic E-state index is 12.4. The molecule has 7 rings (SSSR count). The molecule has 5 fully saturated rings. The molecule has 9 heteroatoms. The lowest BCUT2D eigenvalue weighted by atomic mass is 9.33. The van der Waals surface area contributed by atoms with Crippen LogP contribution in [-0.2, 0) is 19.4 Å². The Bertz CT molecular complexity index is 1710. The van der Waals surface area contributed by atoms with Gasteiger partial charge in [-0.15, -0.1) is 0 Å². The molecule has 0 bridgehead atoms. The van der Waals surface area contributed by atoms with Crippen LogP contribution >= 0.6 is 0 Å². The summed E-state index contributed by atoms with van der Waals surface area (Å²) < 4.78 is 29.1. The number of ether oxygens (including phenoxy) is 1. The van der Waals surface area contributed by atoms with Crippen LogP contribution in [0.5, 0.6) is 0 Å². The van der Waals surface area contributed by atoms with E-state index in [-0.39, 0.29) is 56.6 Å². The van der Waals surface area contributed by atoms with Gasteiger partial charge >= 0.3 is 5.97 Å². The number of carbonyl (C=O) groups excluding carboxylic acids is 2. The Morgan fingerprint density at radius 2 is 1.60 bits per heavy atom. The van der Waals surface area contributed by atoms with Gasteiger partial charge in [-0.2, -0.15) is 0 Å². The standard InChI is InChI=1S/C44H67N3O5S/c1-29(46-30(2)48)33-15-20-44(45-23-24-47-25-27-53(50,51)28-26-47)22-21-42(6)35(38(33)44)13-14-37-41(5)18-16-34(31-9-11-32(12-10-31)39(49)52-8)40(3,4)36(41)17-19-43(37,42)7/h9-12,16,29,33,35-38,45H,13-15,17-28H2,1-8H3,(H,46,48). The lowest BCUT2D eigenvalue weighted by Crippen LogP contribution is -2.68. The van der Waals surface area contributed by atoms with E-state index in [2.05, 4.69) is 75.3 Å². The molecular weight excluding hydrogens is 683 g/mol. The van der Waals surface area contributed by atoms with E-state index >= 15 is 0 Å². The SMILES string of the molecule is COC(=O)c1ccc(C2=CCC3(C)C(CCC4(C)C3CCC3C5C(C(C)NC(C)=O)CCC5(NCCN5CCS(=O)(=O)CC5)CCC34C)C2(C)C)cc1.